The Labute approximate surface area is 111 Å². The van der Waals surface area contributed by atoms with Crippen LogP contribution in [0.3, 0.4) is 0 Å². The molecular formula is C15H28O3. The molecule has 1 saturated heterocycles. The van der Waals surface area contributed by atoms with Crippen LogP contribution < -0.4 is 0 Å². The van der Waals surface area contributed by atoms with Gasteiger partial charge in [0.25, 0.3) is 0 Å². The van der Waals surface area contributed by atoms with E-state index in [1.165, 1.54) is 25.7 Å². The van der Waals surface area contributed by atoms with Gasteiger partial charge in [0.2, 0.25) is 0 Å². The maximum Gasteiger partial charge on any atom is 0.311 e. The van der Waals surface area contributed by atoms with Crippen molar-refractivity contribution in [3.8, 4) is 0 Å². The zero-order chi connectivity index (χ0) is 13.4. The second-order valence-corrected chi connectivity index (χ2v) is 5.66. The molecule has 106 valence electrons. The molecule has 0 spiro atoms. The number of hydrogen-bond donors (Lipinski definition) is 1. The fourth-order valence-corrected chi connectivity index (χ4v) is 2.44. The number of cyclic esters (lactones) is 1. The van der Waals surface area contributed by atoms with Gasteiger partial charge in [-0.3, -0.25) is 4.79 Å². The van der Waals surface area contributed by atoms with Gasteiger partial charge < -0.3 is 9.84 Å². The third kappa shape index (κ3) is 5.85. The van der Waals surface area contributed by atoms with E-state index in [0.29, 0.717) is 6.42 Å². The van der Waals surface area contributed by atoms with Gasteiger partial charge in [0, 0.05) is 0 Å². The van der Waals surface area contributed by atoms with Crippen molar-refractivity contribution < 1.29 is 14.6 Å². The van der Waals surface area contributed by atoms with Gasteiger partial charge in [0.1, 0.15) is 0 Å². The van der Waals surface area contributed by atoms with E-state index in [0.717, 1.165) is 25.7 Å². The highest BCUT2D eigenvalue weighted by molar-refractivity contribution is 5.72. The minimum Gasteiger partial charge on any atom is -0.462 e. The Hall–Kier alpha value is -0.570. The van der Waals surface area contributed by atoms with Crippen LogP contribution in [0.2, 0.25) is 0 Å². The van der Waals surface area contributed by atoms with Crippen molar-refractivity contribution in [3.63, 3.8) is 0 Å². The minimum absolute atomic E-state index is 0.0184. The Morgan fingerprint density at radius 2 is 1.44 bits per heavy atom. The van der Waals surface area contributed by atoms with Gasteiger partial charge in [-0.05, 0) is 33.1 Å². The molecular weight excluding hydrogens is 228 g/mol. The highest BCUT2D eigenvalue weighted by Gasteiger charge is 2.24. The first-order valence-corrected chi connectivity index (χ1v) is 7.50. The fourth-order valence-electron chi connectivity index (χ4n) is 2.44. The molecule has 0 aromatic carbocycles. The van der Waals surface area contributed by atoms with Crippen molar-refractivity contribution >= 4 is 5.97 Å². The van der Waals surface area contributed by atoms with E-state index in [1.54, 1.807) is 6.92 Å². The fraction of sp³-hybridized carbons (Fsp3) is 0.933. The predicted octanol–water partition coefficient (Wildman–Crippen LogP) is 3.44. The van der Waals surface area contributed by atoms with E-state index in [4.69, 9.17) is 4.74 Å². The number of carbonyl (C=O) groups is 1. The largest absolute Gasteiger partial charge is 0.462 e. The van der Waals surface area contributed by atoms with Gasteiger partial charge in [0.05, 0.1) is 18.1 Å². The first-order chi connectivity index (χ1) is 8.61. The molecule has 3 nitrogen and oxygen atoms in total. The van der Waals surface area contributed by atoms with Crippen LogP contribution in [-0.4, -0.2) is 23.3 Å². The van der Waals surface area contributed by atoms with Crippen LogP contribution in [0.25, 0.3) is 0 Å². The van der Waals surface area contributed by atoms with Crippen molar-refractivity contribution in [1.82, 2.24) is 0 Å². The summed E-state index contributed by atoms with van der Waals surface area (Å²) in [6.45, 7) is 3.72. The predicted molar refractivity (Wildman–Crippen MR) is 72.3 cm³/mol. The average Bonchev–Trinajstić information content (AvgIpc) is 2.34. The lowest BCUT2D eigenvalue weighted by Crippen LogP contribution is -2.29. The molecule has 1 aliphatic rings. The molecule has 3 atom stereocenters. The highest BCUT2D eigenvalue weighted by Crippen LogP contribution is 2.18. The van der Waals surface area contributed by atoms with E-state index in [-0.39, 0.29) is 12.1 Å². The van der Waals surface area contributed by atoms with Gasteiger partial charge in [0.15, 0.2) is 0 Å². The summed E-state index contributed by atoms with van der Waals surface area (Å²) < 4.78 is 5.38. The summed E-state index contributed by atoms with van der Waals surface area (Å²) in [5.74, 6) is -0.637. The number of esters is 1. The lowest BCUT2D eigenvalue weighted by atomic mass is 9.97. The lowest BCUT2D eigenvalue weighted by Gasteiger charge is -2.21. The molecule has 1 fully saturated rings. The van der Waals surface area contributed by atoms with Gasteiger partial charge in [-0.15, -0.1) is 0 Å². The number of carbonyl (C=O) groups excluding carboxylic acids is 1. The molecule has 1 rings (SSSR count). The first-order valence-electron chi connectivity index (χ1n) is 7.50. The molecule has 1 unspecified atom stereocenters. The van der Waals surface area contributed by atoms with Crippen molar-refractivity contribution in [1.29, 1.82) is 0 Å². The molecule has 0 aliphatic carbocycles. The Balaban J connectivity index is 2.46. The third-order valence-electron chi connectivity index (χ3n) is 3.88. The molecule has 1 heterocycles. The van der Waals surface area contributed by atoms with Crippen LogP contribution in [0, 0.1) is 5.92 Å². The summed E-state index contributed by atoms with van der Waals surface area (Å²) in [5.41, 5.74) is 0. The molecule has 0 bridgehead atoms. The molecule has 0 aromatic heterocycles. The van der Waals surface area contributed by atoms with E-state index in [1.807, 2.05) is 6.92 Å². The minimum atomic E-state index is -0.548. The summed E-state index contributed by atoms with van der Waals surface area (Å²) in [7, 11) is 0. The topological polar surface area (TPSA) is 46.5 Å². The summed E-state index contributed by atoms with van der Waals surface area (Å²) in [5, 5.41) is 9.94. The Morgan fingerprint density at radius 1 is 0.944 bits per heavy atom. The van der Waals surface area contributed by atoms with Crippen LogP contribution in [-0.2, 0) is 9.53 Å². The van der Waals surface area contributed by atoms with E-state index in [9.17, 15) is 9.90 Å². The number of aliphatic hydroxyl groups is 1. The molecule has 0 radical (unpaired) electrons. The average molecular weight is 256 g/mol. The van der Waals surface area contributed by atoms with E-state index < -0.39 is 12.0 Å². The second-order valence-electron chi connectivity index (χ2n) is 5.66. The van der Waals surface area contributed by atoms with Crippen molar-refractivity contribution in [2.45, 2.75) is 83.8 Å². The molecule has 18 heavy (non-hydrogen) atoms. The number of rotatable bonds is 0. The zero-order valence-corrected chi connectivity index (χ0v) is 11.9. The van der Waals surface area contributed by atoms with E-state index in [2.05, 4.69) is 0 Å². The van der Waals surface area contributed by atoms with Crippen molar-refractivity contribution in [2.24, 2.45) is 5.92 Å². The molecule has 0 aromatic rings. The van der Waals surface area contributed by atoms with Crippen LogP contribution in [0.15, 0.2) is 0 Å². The highest BCUT2D eigenvalue weighted by atomic mass is 16.5. The summed E-state index contributed by atoms with van der Waals surface area (Å²) in [4.78, 5) is 11.8. The van der Waals surface area contributed by atoms with Crippen molar-refractivity contribution in [2.75, 3.05) is 0 Å². The second kappa shape index (κ2) is 8.52. The Kier molecular flexibility index (Phi) is 7.33. The zero-order valence-electron chi connectivity index (χ0n) is 11.9. The summed E-state index contributed by atoms with van der Waals surface area (Å²) in [6, 6.07) is 0. The Morgan fingerprint density at radius 3 is 2.06 bits per heavy atom. The summed E-state index contributed by atoms with van der Waals surface area (Å²) in [6.07, 6.45) is 9.44. The van der Waals surface area contributed by atoms with Gasteiger partial charge in [-0.2, -0.15) is 0 Å². The smallest absolute Gasteiger partial charge is 0.311 e. The van der Waals surface area contributed by atoms with Crippen molar-refractivity contribution in [3.05, 3.63) is 0 Å². The maximum atomic E-state index is 11.8. The molecule has 3 heteroatoms. The molecule has 0 saturated carbocycles. The quantitative estimate of drug-likeness (QED) is 0.675. The van der Waals surface area contributed by atoms with E-state index >= 15 is 0 Å². The van der Waals surface area contributed by atoms with Crippen LogP contribution >= 0.6 is 0 Å². The van der Waals surface area contributed by atoms with Gasteiger partial charge in [-0.1, -0.05) is 38.5 Å². The summed E-state index contributed by atoms with van der Waals surface area (Å²) >= 11 is 0. The number of hydrogen-bond acceptors (Lipinski definition) is 3. The molecule has 0 amide bonds. The SMILES string of the molecule is CC1CCCCCCCCC[C@H](O)[C@@H](C)C(=O)O1. The monoisotopic (exact) mass is 256 g/mol. The van der Waals surface area contributed by atoms with Crippen LogP contribution in [0.1, 0.15) is 71.6 Å². The molecule has 1 aliphatic heterocycles. The standard InChI is InChI=1S/C15H28O3/c1-12-10-8-6-4-3-5-7-9-11-14(16)13(2)15(17)18-12/h12-14,16H,3-11H2,1-2H3/t12?,13-,14+/m1/s1. The third-order valence-corrected chi connectivity index (χ3v) is 3.88. The Bertz CT molecular complexity index is 240. The van der Waals surface area contributed by atoms with Crippen LogP contribution in [0.5, 0.6) is 0 Å². The van der Waals surface area contributed by atoms with Crippen LogP contribution in [0.4, 0.5) is 0 Å². The molecule has 1 N–H and O–H groups in total. The number of aliphatic hydroxyl groups excluding tert-OH is 1. The maximum absolute atomic E-state index is 11.8. The normalized spacial score (nSPS) is 33.5. The van der Waals surface area contributed by atoms with Gasteiger partial charge >= 0.3 is 5.97 Å². The van der Waals surface area contributed by atoms with Gasteiger partial charge in [-0.25, -0.2) is 0 Å². The first kappa shape index (κ1) is 15.5. The lowest BCUT2D eigenvalue weighted by molar-refractivity contribution is -0.156. The number of ether oxygens (including phenoxy) is 1.